The number of anilines is 2. The average Bonchev–Trinajstić information content (AvgIpc) is 3.23. The van der Waals surface area contributed by atoms with Crippen LogP contribution >= 0.6 is 0 Å². The van der Waals surface area contributed by atoms with E-state index in [0.717, 1.165) is 30.2 Å². The topological polar surface area (TPSA) is 88.0 Å². The van der Waals surface area contributed by atoms with Crippen molar-refractivity contribution >= 4 is 17.2 Å². The highest BCUT2D eigenvalue weighted by atomic mass is 16.6. The molecule has 1 aliphatic rings. The third-order valence-corrected chi connectivity index (χ3v) is 3.33. The smallest absolute Gasteiger partial charge is 0.309 e. The molecule has 0 bridgehead atoms. The van der Waals surface area contributed by atoms with Gasteiger partial charge in [-0.3, -0.25) is 14.9 Å². The molecule has 0 spiro atoms. The number of aromatic amines is 1. The Morgan fingerprint density at radius 1 is 1.20 bits per heavy atom. The number of aromatic nitrogens is 1. The van der Waals surface area contributed by atoms with Gasteiger partial charge in [0.05, 0.1) is 4.92 Å². The first-order chi connectivity index (χ1) is 9.65. The fourth-order valence-electron chi connectivity index (χ4n) is 2.21. The van der Waals surface area contributed by atoms with Crippen LogP contribution in [0.4, 0.5) is 17.2 Å². The lowest BCUT2D eigenvalue weighted by Gasteiger charge is -2.11. The molecule has 1 aliphatic carbocycles. The van der Waals surface area contributed by atoms with Gasteiger partial charge in [0.1, 0.15) is 0 Å². The number of para-hydroxylation sites is 1. The maximum Gasteiger partial charge on any atom is 0.309 e. The minimum Gasteiger partial charge on any atom is -0.336 e. The van der Waals surface area contributed by atoms with E-state index in [-0.39, 0.29) is 17.1 Å². The Morgan fingerprint density at radius 2 is 1.95 bits per heavy atom. The van der Waals surface area contributed by atoms with Crippen molar-refractivity contribution in [2.24, 2.45) is 0 Å². The van der Waals surface area contributed by atoms with Gasteiger partial charge in [0.2, 0.25) is 5.56 Å². The third kappa shape index (κ3) is 2.40. The number of rotatable bonds is 4. The van der Waals surface area contributed by atoms with Gasteiger partial charge in [-0.05, 0) is 30.4 Å². The van der Waals surface area contributed by atoms with Gasteiger partial charge in [0.25, 0.3) is 0 Å². The first-order valence-corrected chi connectivity index (χ1v) is 6.39. The van der Waals surface area contributed by atoms with Crippen LogP contribution in [0.25, 0.3) is 0 Å². The van der Waals surface area contributed by atoms with Crippen molar-refractivity contribution in [1.82, 2.24) is 4.98 Å². The Hall–Kier alpha value is -2.63. The molecule has 20 heavy (non-hydrogen) atoms. The van der Waals surface area contributed by atoms with E-state index in [1.807, 2.05) is 24.3 Å². The number of nitrogens with zero attached hydrogens (tertiary/aromatic N) is 1. The molecule has 0 aliphatic heterocycles. The van der Waals surface area contributed by atoms with Crippen LogP contribution in [0.2, 0.25) is 0 Å². The highest BCUT2D eigenvalue weighted by Gasteiger charge is 2.26. The van der Waals surface area contributed by atoms with Crippen LogP contribution in [-0.4, -0.2) is 9.91 Å². The summed E-state index contributed by atoms with van der Waals surface area (Å²) in [7, 11) is 0. The molecule has 6 nitrogen and oxygen atoms in total. The number of pyridine rings is 1. The van der Waals surface area contributed by atoms with Crippen molar-refractivity contribution < 1.29 is 4.92 Å². The number of nitrogens with one attached hydrogen (secondary N) is 2. The van der Waals surface area contributed by atoms with Gasteiger partial charge in [0, 0.05) is 17.8 Å². The largest absolute Gasteiger partial charge is 0.336 e. The second kappa shape index (κ2) is 4.80. The Kier molecular flexibility index (Phi) is 2.98. The number of hydrogen-bond donors (Lipinski definition) is 2. The second-order valence-electron chi connectivity index (χ2n) is 4.83. The monoisotopic (exact) mass is 271 g/mol. The zero-order chi connectivity index (χ0) is 14.1. The van der Waals surface area contributed by atoms with Gasteiger partial charge in [-0.1, -0.05) is 18.2 Å². The van der Waals surface area contributed by atoms with Crippen LogP contribution in [0.3, 0.4) is 0 Å². The zero-order valence-electron chi connectivity index (χ0n) is 10.6. The number of hydrogen-bond acceptors (Lipinski definition) is 4. The first-order valence-electron chi connectivity index (χ1n) is 6.39. The van der Waals surface area contributed by atoms with Gasteiger partial charge in [-0.2, -0.15) is 0 Å². The fraction of sp³-hybridized carbons (Fsp3) is 0.214. The summed E-state index contributed by atoms with van der Waals surface area (Å²) in [4.78, 5) is 24.3. The minimum atomic E-state index is -0.516. The average molecular weight is 271 g/mol. The predicted molar refractivity (Wildman–Crippen MR) is 75.4 cm³/mol. The summed E-state index contributed by atoms with van der Waals surface area (Å²) in [5.74, 6) is 0.629. The van der Waals surface area contributed by atoms with Crippen molar-refractivity contribution in [2.75, 3.05) is 5.32 Å². The highest BCUT2D eigenvalue weighted by Crippen LogP contribution is 2.44. The third-order valence-electron chi connectivity index (χ3n) is 3.33. The van der Waals surface area contributed by atoms with E-state index in [0.29, 0.717) is 5.92 Å². The summed E-state index contributed by atoms with van der Waals surface area (Å²) in [5.41, 5.74) is 1.42. The zero-order valence-corrected chi connectivity index (χ0v) is 10.6. The maximum atomic E-state index is 11.4. The van der Waals surface area contributed by atoms with Crippen LogP contribution < -0.4 is 10.9 Å². The molecular formula is C14H13N3O3. The van der Waals surface area contributed by atoms with E-state index >= 15 is 0 Å². The van der Waals surface area contributed by atoms with Crippen LogP contribution in [0.5, 0.6) is 0 Å². The molecule has 1 saturated carbocycles. The van der Waals surface area contributed by atoms with Crippen molar-refractivity contribution in [3.05, 3.63) is 62.4 Å². The fourth-order valence-corrected chi connectivity index (χ4v) is 2.21. The summed E-state index contributed by atoms with van der Waals surface area (Å²) in [6.07, 6.45) is 2.26. The summed E-state index contributed by atoms with van der Waals surface area (Å²) < 4.78 is 0. The Morgan fingerprint density at radius 3 is 2.65 bits per heavy atom. The molecule has 1 aromatic heterocycles. The first kappa shape index (κ1) is 12.4. The molecule has 2 N–H and O–H groups in total. The molecule has 3 rings (SSSR count). The molecule has 1 fully saturated rings. The molecular weight excluding hydrogens is 258 g/mol. The molecule has 1 aromatic carbocycles. The van der Waals surface area contributed by atoms with Crippen LogP contribution in [-0.2, 0) is 0 Å². The summed E-state index contributed by atoms with van der Waals surface area (Å²) in [6, 6.07) is 10.0. The van der Waals surface area contributed by atoms with E-state index in [4.69, 9.17) is 0 Å². The molecule has 1 heterocycles. The molecule has 102 valence electrons. The molecule has 0 amide bonds. The van der Waals surface area contributed by atoms with E-state index < -0.39 is 4.92 Å². The van der Waals surface area contributed by atoms with Crippen molar-refractivity contribution in [1.29, 1.82) is 0 Å². The van der Waals surface area contributed by atoms with E-state index in [2.05, 4.69) is 10.3 Å². The van der Waals surface area contributed by atoms with Crippen LogP contribution in [0.1, 0.15) is 24.3 Å². The van der Waals surface area contributed by atoms with Gasteiger partial charge in [0.15, 0.2) is 5.82 Å². The highest BCUT2D eigenvalue weighted by molar-refractivity contribution is 5.68. The van der Waals surface area contributed by atoms with Crippen molar-refractivity contribution in [3.63, 3.8) is 0 Å². The summed E-state index contributed by atoms with van der Waals surface area (Å²) >= 11 is 0. The van der Waals surface area contributed by atoms with Crippen LogP contribution in [0.15, 0.2) is 41.2 Å². The van der Waals surface area contributed by atoms with Gasteiger partial charge < -0.3 is 10.3 Å². The standard InChI is InChI=1S/C14H13N3O3/c18-13-8-7-12(17(19)20)14(16-13)15-11-4-2-1-3-10(11)9-5-6-9/h1-4,7-9H,5-6H2,(H2,15,16,18). The molecule has 0 radical (unpaired) electrons. The minimum absolute atomic E-state index is 0.121. The summed E-state index contributed by atoms with van der Waals surface area (Å²) in [6.45, 7) is 0. The maximum absolute atomic E-state index is 11.4. The van der Waals surface area contributed by atoms with Crippen molar-refractivity contribution in [2.45, 2.75) is 18.8 Å². The lowest BCUT2D eigenvalue weighted by atomic mass is 10.1. The Balaban J connectivity index is 2.01. The van der Waals surface area contributed by atoms with Crippen LogP contribution in [0, 0.1) is 10.1 Å². The lowest BCUT2D eigenvalue weighted by molar-refractivity contribution is -0.384. The Bertz CT molecular complexity index is 720. The second-order valence-corrected chi connectivity index (χ2v) is 4.83. The lowest BCUT2D eigenvalue weighted by Crippen LogP contribution is -2.10. The molecule has 0 unspecified atom stereocenters. The molecule has 6 heteroatoms. The quantitative estimate of drug-likeness (QED) is 0.661. The molecule has 0 atom stereocenters. The molecule has 2 aromatic rings. The van der Waals surface area contributed by atoms with Crippen molar-refractivity contribution in [3.8, 4) is 0 Å². The van der Waals surface area contributed by atoms with Gasteiger partial charge in [-0.25, -0.2) is 0 Å². The van der Waals surface area contributed by atoms with E-state index in [1.165, 1.54) is 6.07 Å². The normalized spacial score (nSPS) is 14.0. The molecule has 0 saturated heterocycles. The Labute approximate surface area is 114 Å². The van der Waals surface area contributed by atoms with Gasteiger partial charge in [-0.15, -0.1) is 0 Å². The number of H-pyrrole nitrogens is 1. The van der Waals surface area contributed by atoms with Gasteiger partial charge >= 0.3 is 5.69 Å². The van der Waals surface area contributed by atoms with E-state index in [9.17, 15) is 14.9 Å². The number of benzene rings is 1. The predicted octanol–water partition coefficient (Wildman–Crippen LogP) is 2.90. The summed E-state index contributed by atoms with van der Waals surface area (Å²) in [5, 5.41) is 14.0. The SMILES string of the molecule is O=c1ccc([N+](=O)[O-])c(Nc2ccccc2C2CC2)[nH]1. The number of nitro groups is 1. The van der Waals surface area contributed by atoms with E-state index in [1.54, 1.807) is 0 Å².